The van der Waals surface area contributed by atoms with Gasteiger partial charge < -0.3 is 20.6 Å². The van der Waals surface area contributed by atoms with Crippen LogP contribution in [-0.4, -0.2) is 46.1 Å². The van der Waals surface area contributed by atoms with Crippen molar-refractivity contribution in [3.8, 4) is 0 Å². The molecule has 5 nitrogen and oxygen atoms in total. The molecule has 1 amide bonds. The van der Waals surface area contributed by atoms with Gasteiger partial charge in [-0.25, -0.2) is 0 Å². The van der Waals surface area contributed by atoms with Crippen molar-refractivity contribution in [1.29, 1.82) is 0 Å². The van der Waals surface area contributed by atoms with Gasteiger partial charge in [-0.1, -0.05) is 161 Å². The SMILES string of the molecule is CCCCCCCCCCCCCCCC/C=C/C(O)C(CO)NC(=O)C(O)CCCCCCCCCC. The molecule has 0 aliphatic heterocycles. The van der Waals surface area contributed by atoms with Crippen LogP contribution >= 0.6 is 0 Å². The van der Waals surface area contributed by atoms with E-state index in [0.717, 1.165) is 32.1 Å². The summed E-state index contributed by atoms with van der Waals surface area (Å²) in [5.41, 5.74) is 0. The van der Waals surface area contributed by atoms with E-state index in [-0.39, 0.29) is 6.61 Å². The van der Waals surface area contributed by atoms with E-state index in [2.05, 4.69) is 19.2 Å². The van der Waals surface area contributed by atoms with Crippen molar-refractivity contribution in [1.82, 2.24) is 5.32 Å². The highest BCUT2D eigenvalue weighted by Gasteiger charge is 2.22. The predicted octanol–water partition coefficient (Wildman–Crippen LogP) is 8.14. The van der Waals surface area contributed by atoms with E-state index in [9.17, 15) is 20.1 Å². The molecule has 0 aliphatic carbocycles. The van der Waals surface area contributed by atoms with Gasteiger partial charge in [0.05, 0.1) is 18.8 Å². The number of aliphatic hydroxyl groups is 3. The Balaban J connectivity index is 3.75. The summed E-state index contributed by atoms with van der Waals surface area (Å²) < 4.78 is 0. The fourth-order valence-electron chi connectivity index (χ4n) is 4.95. The third kappa shape index (κ3) is 24.2. The molecule has 0 saturated carbocycles. The second kappa shape index (κ2) is 29.1. The first kappa shape index (κ1) is 37.1. The van der Waals surface area contributed by atoms with E-state index in [1.165, 1.54) is 116 Å². The van der Waals surface area contributed by atoms with Gasteiger partial charge in [0.25, 0.3) is 0 Å². The molecule has 226 valence electrons. The highest BCUT2D eigenvalue weighted by molar-refractivity contribution is 5.80. The third-order valence-corrected chi connectivity index (χ3v) is 7.63. The van der Waals surface area contributed by atoms with Crippen LogP contribution < -0.4 is 5.32 Å². The van der Waals surface area contributed by atoms with Crippen molar-refractivity contribution >= 4 is 5.91 Å². The molecule has 0 fully saturated rings. The van der Waals surface area contributed by atoms with Crippen LogP contribution in [0.1, 0.15) is 168 Å². The number of allylic oxidation sites excluding steroid dienone is 1. The van der Waals surface area contributed by atoms with Crippen LogP contribution in [0.25, 0.3) is 0 Å². The van der Waals surface area contributed by atoms with Gasteiger partial charge in [-0.15, -0.1) is 0 Å². The highest BCUT2D eigenvalue weighted by Crippen LogP contribution is 2.14. The molecule has 3 unspecified atom stereocenters. The van der Waals surface area contributed by atoms with E-state index in [0.29, 0.717) is 6.42 Å². The summed E-state index contributed by atoms with van der Waals surface area (Å²) in [4.78, 5) is 12.3. The first-order valence-electron chi connectivity index (χ1n) is 16.5. The van der Waals surface area contributed by atoms with Gasteiger partial charge in [0.2, 0.25) is 5.91 Å². The van der Waals surface area contributed by atoms with Crippen molar-refractivity contribution < 1.29 is 20.1 Å². The molecule has 0 aromatic heterocycles. The lowest BCUT2D eigenvalue weighted by Crippen LogP contribution is -2.48. The Bertz CT molecular complexity index is 525. The number of carbonyl (C=O) groups is 1. The monoisotopic (exact) mass is 539 g/mol. The Hall–Kier alpha value is -0.910. The van der Waals surface area contributed by atoms with Crippen LogP contribution in [0.4, 0.5) is 0 Å². The molecule has 4 N–H and O–H groups in total. The Morgan fingerprint density at radius 3 is 1.45 bits per heavy atom. The van der Waals surface area contributed by atoms with Crippen LogP contribution in [0.15, 0.2) is 12.2 Å². The molecular formula is C33H65NO4. The Morgan fingerprint density at radius 2 is 1.03 bits per heavy atom. The number of rotatable bonds is 29. The lowest BCUT2D eigenvalue weighted by atomic mass is 10.0. The molecule has 0 aromatic rings. The van der Waals surface area contributed by atoms with Gasteiger partial charge in [-0.3, -0.25) is 4.79 Å². The van der Waals surface area contributed by atoms with E-state index in [1.807, 2.05) is 6.08 Å². The van der Waals surface area contributed by atoms with Crippen molar-refractivity contribution in [2.45, 2.75) is 186 Å². The number of carbonyl (C=O) groups excluding carboxylic acids is 1. The maximum Gasteiger partial charge on any atom is 0.249 e. The average Bonchev–Trinajstić information content (AvgIpc) is 2.92. The Labute approximate surface area is 236 Å². The average molecular weight is 540 g/mol. The molecule has 0 rings (SSSR count). The van der Waals surface area contributed by atoms with Crippen molar-refractivity contribution in [2.75, 3.05) is 6.61 Å². The second-order valence-corrected chi connectivity index (χ2v) is 11.4. The van der Waals surface area contributed by atoms with Gasteiger partial charge >= 0.3 is 0 Å². The largest absolute Gasteiger partial charge is 0.394 e. The van der Waals surface area contributed by atoms with Gasteiger partial charge in [0.15, 0.2) is 0 Å². The molecule has 0 heterocycles. The van der Waals surface area contributed by atoms with Gasteiger partial charge in [-0.2, -0.15) is 0 Å². The van der Waals surface area contributed by atoms with Gasteiger partial charge in [0, 0.05) is 0 Å². The summed E-state index contributed by atoms with van der Waals surface area (Å²) in [5.74, 6) is -0.508. The van der Waals surface area contributed by atoms with Crippen molar-refractivity contribution in [3.63, 3.8) is 0 Å². The minimum atomic E-state index is -1.09. The summed E-state index contributed by atoms with van der Waals surface area (Å²) >= 11 is 0. The topological polar surface area (TPSA) is 89.8 Å². The molecular weight excluding hydrogens is 474 g/mol. The maximum atomic E-state index is 12.3. The number of hydrogen-bond acceptors (Lipinski definition) is 4. The molecule has 0 radical (unpaired) electrons. The zero-order valence-electron chi connectivity index (χ0n) is 25.3. The zero-order valence-corrected chi connectivity index (χ0v) is 25.3. The standard InChI is InChI=1S/C33H65NO4/c1-3-5-7-9-11-13-14-15-16-17-18-19-20-22-23-25-27-31(36)30(29-35)34-33(38)32(37)28-26-24-21-12-10-8-6-4-2/h25,27,30-32,35-37H,3-24,26,28-29H2,1-2H3,(H,34,38)/b27-25+. The van der Waals surface area contributed by atoms with Gasteiger partial charge in [0.1, 0.15) is 6.10 Å². The highest BCUT2D eigenvalue weighted by atomic mass is 16.3. The lowest BCUT2D eigenvalue weighted by molar-refractivity contribution is -0.131. The maximum absolute atomic E-state index is 12.3. The quantitative estimate of drug-likeness (QED) is 0.0570. The molecule has 0 saturated heterocycles. The van der Waals surface area contributed by atoms with E-state index in [1.54, 1.807) is 6.08 Å². The van der Waals surface area contributed by atoms with Crippen LogP contribution in [0.2, 0.25) is 0 Å². The van der Waals surface area contributed by atoms with Crippen LogP contribution in [0.3, 0.4) is 0 Å². The summed E-state index contributed by atoms with van der Waals surface area (Å²) in [6, 6.07) is -0.789. The summed E-state index contributed by atoms with van der Waals surface area (Å²) in [6.07, 6.45) is 30.9. The Kier molecular flexibility index (Phi) is 28.4. The predicted molar refractivity (Wildman–Crippen MR) is 162 cm³/mol. The van der Waals surface area contributed by atoms with E-state index < -0.39 is 24.2 Å². The van der Waals surface area contributed by atoms with Gasteiger partial charge in [-0.05, 0) is 19.3 Å². The number of nitrogens with one attached hydrogen (secondary N) is 1. The summed E-state index contributed by atoms with van der Waals surface area (Å²) in [6.45, 7) is 4.12. The number of hydrogen-bond donors (Lipinski definition) is 4. The van der Waals surface area contributed by atoms with Crippen molar-refractivity contribution in [2.24, 2.45) is 0 Å². The molecule has 0 spiro atoms. The Morgan fingerprint density at radius 1 is 0.632 bits per heavy atom. The molecule has 38 heavy (non-hydrogen) atoms. The third-order valence-electron chi connectivity index (χ3n) is 7.63. The molecule has 0 bridgehead atoms. The lowest BCUT2D eigenvalue weighted by Gasteiger charge is -2.21. The molecule has 0 aliphatic rings. The van der Waals surface area contributed by atoms with Crippen LogP contribution in [0, 0.1) is 0 Å². The first-order chi connectivity index (χ1) is 18.6. The smallest absolute Gasteiger partial charge is 0.249 e. The van der Waals surface area contributed by atoms with E-state index in [4.69, 9.17) is 0 Å². The summed E-state index contributed by atoms with van der Waals surface area (Å²) in [7, 11) is 0. The fraction of sp³-hybridized carbons (Fsp3) is 0.909. The van der Waals surface area contributed by atoms with Crippen molar-refractivity contribution in [3.05, 3.63) is 12.2 Å². The molecule has 3 atom stereocenters. The second-order valence-electron chi connectivity index (χ2n) is 11.4. The van der Waals surface area contributed by atoms with Crippen LogP contribution in [0.5, 0.6) is 0 Å². The minimum absolute atomic E-state index is 0.361. The summed E-state index contributed by atoms with van der Waals surface area (Å²) in [5, 5.41) is 32.7. The fourth-order valence-corrected chi connectivity index (χ4v) is 4.95. The number of unbranched alkanes of at least 4 members (excludes halogenated alkanes) is 21. The van der Waals surface area contributed by atoms with E-state index >= 15 is 0 Å². The molecule has 0 aromatic carbocycles. The van der Waals surface area contributed by atoms with Crippen LogP contribution in [-0.2, 0) is 4.79 Å². The normalized spacial score (nSPS) is 14.1. The zero-order chi connectivity index (χ0) is 28.1. The first-order valence-corrected chi connectivity index (χ1v) is 16.5. The molecule has 5 heteroatoms. The minimum Gasteiger partial charge on any atom is -0.394 e. The number of amides is 1. The number of aliphatic hydroxyl groups excluding tert-OH is 3.